The molecule has 1 atom stereocenters. The van der Waals surface area contributed by atoms with Crippen LogP contribution in [0.4, 0.5) is 10.1 Å². The molecule has 1 amide bonds. The predicted molar refractivity (Wildman–Crippen MR) is 129 cm³/mol. The molecule has 0 saturated heterocycles. The normalized spacial score (nSPS) is 11.6. The molecule has 0 spiro atoms. The molecule has 9 heteroatoms. The molecule has 1 unspecified atom stereocenters. The Morgan fingerprint density at radius 2 is 1.82 bits per heavy atom. The number of para-hydroxylation sites is 2. The molecule has 0 aliphatic heterocycles. The molecule has 4 rings (SSSR count). The molecule has 174 valence electrons. The van der Waals surface area contributed by atoms with Gasteiger partial charge in [0.05, 0.1) is 12.4 Å². The van der Waals surface area contributed by atoms with Crippen LogP contribution in [0.15, 0.2) is 84.0 Å². The third-order valence-electron chi connectivity index (χ3n) is 4.90. The fourth-order valence-electron chi connectivity index (χ4n) is 3.17. The van der Waals surface area contributed by atoms with Gasteiger partial charge in [-0.1, -0.05) is 48.2 Å². The molecule has 0 saturated carbocycles. The molecule has 1 aromatic heterocycles. The minimum absolute atomic E-state index is 0.00771. The quantitative estimate of drug-likeness (QED) is 0.337. The van der Waals surface area contributed by atoms with Crippen LogP contribution in [0.25, 0.3) is 5.69 Å². The summed E-state index contributed by atoms with van der Waals surface area (Å²) < 4.78 is 26.7. The fraction of sp³-hybridized carbons (Fsp3) is 0.160. The molecule has 0 fully saturated rings. The van der Waals surface area contributed by atoms with Crippen molar-refractivity contribution < 1.29 is 18.7 Å². The monoisotopic (exact) mass is 478 g/mol. The van der Waals surface area contributed by atoms with E-state index in [1.165, 1.54) is 17.8 Å². The highest BCUT2D eigenvalue weighted by molar-refractivity contribution is 8.00. The molecular formula is C25H23FN4O3S. The Kier molecular flexibility index (Phi) is 7.44. The van der Waals surface area contributed by atoms with Crippen LogP contribution in [0.1, 0.15) is 12.7 Å². The molecule has 0 aliphatic rings. The average molecular weight is 479 g/mol. The van der Waals surface area contributed by atoms with Crippen LogP contribution in [-0.2, 0) is 11.4 Å². The van der Waals surface area contributed by atoms with Crippen LogP contribution in [0.3, 0.4) is 0 Å². The van der Waals surface area contributed by atoms with Crippen molar-refractivity contribution in [3.05, 3.63) is 90.5 Å². The molecule has 0 aliphatic carbocycles. The summed E-state index contributed by atoms with van der Waals surface area (Å²) in [5.74, 6) is 0.625. The summed E-state index contributed by atoms with van der Waals surface area (Å²) in [5, 5.41) is 11.5. The number of nitrogens with one attached hydrogen (secondary N) is 1. The topological polar surface area (TPSA) is 78.3 Å². The second-order valence-electron chi connectivity index (χ2n) is 7.27. The number of amides is 1. The minimum Gasteiger partial charge on any atom is -0.497 e. The summed E-state index contributed by atoms with van der Waals surface area (Å²) in [6, 6.07) is 22.8. The highest BCUT2D eigenvalue weighted by atomic mass is 32.2. The van der Waals surface area contributed by atoms with Crippen LogP contribution in [0.5, 0.6) is 11.5 Å². The number of hydrogen-bond donors (Lipinski definition) is 1. The number of thioether (sulfide) groups is 1. The van der Waals surface area contributed by atoms with Crippen LogP contribution in [0, 0.1) is 5.82 Å². The zero-order valence-corrected chi connectivity index (χ0v) is 19.5. The second kappa shape index (κ2) is 10.8. The molecule has 4 aromatic rings. The van der Waals surface area contributed by atoms with E-state index in [1.807, 2.05) is 30.3 Å². The van der Waals surface area contributed by atoms with Gasteiger partial charge in [-0.3, -0.25) is 9.36 Å². The maximum atomic E-state index is 14.0. The fourth-order valence-corrected chi connectivity index (χ4v) is 4.05. The second-order valence-corrected chi connectivity index (χ2v) is 8.58. The summed E-state index contributed by atoms with van der Waals surface area (Å²) in [6.07, 6.45) is 0. The SMILES string of the molecule is COc1cccc(NC(=O)C(C)Sc2nnc(COc3ccccc3F)n2-c2ccccc2)c1. The van der Waals surface area contributed by atoms with E-state index in [0.29, 0.717) is 22.4 Å². The van der Waals surface area contributed by atoms with Crippen molar-refractivity contribution in [2.75, 3.05) is 12.4 Å². The third kappa shape index (κ3) is 5.55. The molecule has 7 nitrogen and oxygen atoms in total. The lowest BCUT2D eigenvalue weighted by atomic mass is 10.3. The van der Waals surface area contributed by atoms with Crippen molar-refractivity contribution in [2.24, 2.45) is 0 Å². The predicted octanol–water partition coefficient (Wildman–Crippen LogP) is 5.11. The number of halogens is 1. The number of ether oxygens (including phenoxy) is 2. The molecule has 3 aromatic carbocycles. The van der Waals surface area contributed by atoms with Crippen molar-refractivity contribution in [1.82, 2.24) is 14.8 Å². The molecule has 1 N–H and O–H groups in total. The standard InChI is InChI=1S/C25H23FN4O3S/c1-17(24(31)27-18-9-8-12-20(15-18)32-2)34-25-29-28-23(30(25)19-10-4-3-5-11-19)16-33-22-14-7-6-13-21(22)26/h3-15,17H,16H2,1-2H3,(H,27,31). The summed E-state index contributed by atoms with van der Waals surface area (Å²) in [4.78, 5) is 12.8. The van der Waals surface area contributed by atoms with Crippen LogP contribution >= 0.6 is 11.8 Å². The highest BCUT2D eigenvalue weighted by Crippen LogP contribution is 2.28. The zero-order chi connectivity index (χ0) is 23.9. The molecule has 0 bridgehead atoms. The highest BCUT2D eigenvalue weighted by Gasteiger charge is 2.22. The summed E-state index contributed by atoms with van der Waals surface area (Å²) in [6.45, 7) is 1.80. The Morgan fingerprint density at radius 1 is 1.06 bits per heavy atom. The van der Waals surface area contributed by atoms with Crippen LogP contribution in [-0.4, -0.2) is 33.0 Å². The van der Waals surface area contributed by atoms with E-state index < -0.39 is 11.1 Å². The van der Waals surface area contributed by atoms with Crippen LogP contribution < -0.4 is 14.8 Å². The van der Waals surface area contributed by atoms with Gasteiger partial charge in [0, 0.05) is 17.4 Å². The van der Waals surface area contributed by atoms with Gasteiger partial charge in [-0.05, 0) is 43.3 Å². The largest absolute Gasteiger partial charge is 0.497 e. The van der Waals surface area contributed by atoms with Crippen molar-refractivity contribution >= 4 is 23.4 Å². The van der Waals surface area contributed by atoms with Crippen molar-refractivity contribution in [3.63, 3.8) is 0 Å². The van der Waals surface area contributed by atoms with Crippen molar-refractivity contribution in [1.29, 1.82) is 0 Å². The number of nitrogens with zero attached hydrogens (tertiary/aromatic N) is 3. The third-order valence-corrected chi connectivity index (χ3v) is 5.94. The van der Waals surface area contributed by atoms with E-state index in [0.717, 1.165) is 5.69 Å². The van der Waals surface area contributed by atoms with E-state index in [9.17, 15) is 9.18 Å². The molecule has 0 radical (unpaired) electrons. The van der Waals surface area contributed by atoms with Gasteiger partial charge in [-0.2, -0.15) is 0 Å². The van der Waals surface area contributed by atoms with Crippen LogP contribution in [0.2, 0.25) is 0 Å². The van der Waals surface area contributed by atoms with Gasteiger partial charge in [0.1, 0.15) is 12.4 Å². The Labute approximate surface area is 200 Å². The number of rotatable bonds is 9. The van der Waals surface area contributed by atoms with Gasteiger partial charge < -0.3 is 14.8 Å². The summed E-state index contributed by atoms with van der Waals surface area (Å²) in [5.41, 5.74) is 1.45. The van der Waals surface area contributed by atoms with Gasteiger partial charge in [0.15, 0.2) is 22.5 Å². The first kappa shape index (κ1) is 23.3. The van der Waals surface area contributed by atoms with Gasteiger partial charge in [0.2, 0.25) is 5.91 Å². The van der Waals surface area contributed by atoms with E-state index in [4.69, 9.17) is 9.47 Å². The zero-order valence-electron chi connectivity index (χ0n) is 18.6. The number of anilines is 1. The van der Waals surface area contributed by atoms with Crippen molar-refractivity contribution in [3.8, 4) is 17.2 Å². The Morgan fingerprint density at radius 3 is 2.59 bits per heavy atom. The Bertz CT molecular complexity index is 1270. The lowest BCUT2D eigenvalue weighted by molar-refractivity contribution is -0.115. The molecular weight excluding hydrogens is 455 g/mol. The van der Waals surface area contributed by atoms with E-state index in [-0.39, 0.29) is 18.3 Å². The first-order valence-corrected chi connectivity index (χ1v) is 11.4. The van der Waals surface area contributed by atoms with E-state index >= 15 is 0 Å². The summed E-state index contributed by atoms with van der Waals surface area (Å²) in [7, 11) is 1.57. The Balaban J connectivity index is 1.53. The number of benzene rings is 3. The van der Waals surface area contributed by atoms with E-state index in [2.05, 4.69) is 15.5 Å². The number of hydrogen-bond acceptors (Lipinski definition) is 6. The molecule has 1 heterocycles. The number of aromatic nitrogens is 3. The number of carbonyl (C=O) groups is 1. The molecule has 34 heavy (non-hydrogen) atoms. The number of carbonyl (C=O) groups excluding carboxylic acids is 1. The first-order valence-electron chi connectivity index (χ1n) is 10.5. The van der Waals surface area contributed by atoms with Crippen molar-refractivity contribution in [2.45, 2.75) is 23.9 Å². The maximum absolute atomic E-state index is 14.0. The lowest BCUT2D eigenvalue weighted by Gasteiger charge is -2.14. The van der Waals surface area contributed by atoms with Gasteiger partial charge in [0.25, 0.3) is 0 Å². The smallest absolute Gasteiger partial charge is 0.237 e. The van der Waals surface area contributed by atoms with Gasteiger partial charge in [-0.15, -0.1) is 10.2 Å². The average Bonchev–Trinajstić information content (AvgIpc) is 3.26. The number of methoxy groups -OCH3 is 1. The first-order chi connectivity index (χ1) is 16.5. The van der Waals surface area contributed by atoms with Gasteiger partial charge >= 0.3 is 0 Å². The van der Waals surface area contributed by atoms with E-state index in [1.54, 1.807) is 61.1 Å². The maximum Gasteiger partial charge on any atom is 0.237 e. The van der Waals surface area contributed by atoms with Gasteiger partial charge in [-0.25, -0.2) is 4.39 Å². The lowest BCUT2D eigenvalue weighted by Crippen LogP contribution is -2.23. The minimum atomic E-state index is -0.474. The summed E-state index contributed by atoms with van der Waals surface area (Å²) >= 11 is 1.26. The Hall–Kier alpha value is -3.85.